The van der Waals surface area contributed by atoms with E-state index in [1.807, 2.05) is 0 Å². The number of hydrogen-bond donors (Lipinski definition) is 0. The van der Waals surface area contributed by atoms with Crippen LogP contribution in [-0.4, -0.2) is 17.1 Å². The first-order chi connectivity index (χ1) is 8.65. The van der Waals surface area contributed by atoms with Crippen molar-refractivity contribution in [2.45, 2.75) is 5.88 Å². The van der Waals surface area contributed by atoms with Gasteiger partial charge in [-0.05, 0) is 18.2 Å². The standard InChI is InChI=1S/C12H9Cl2FN2O/c1-18-8-2-3-10(15)9(4-8)11-12(14)17-7(5-13)6-16-11/h2-4,6H,5H2,1H3. The molecular formula is C12H9Cl2FN2O. The molecule has 0 saturated heterocycles. The molecule has 0 bridgehead atoms. The molecule has 0 amide bonds. The fraction of sp³-hybridized carbons (Fsp3) is 0.167. The predicted octanol–water partition coefficient (Wildman–Crippen LogP) is 3.68. The first kappa shape index (κ1) is 13.1. The van der Waals surface area contributed by atoms with Crippen LogP contribution >= 0.6 is 23.2 Å². The summed E-state index contributed by atoms with van der Waals surface area (Å²) in [6.45, 7) is 0. The number of nitrogens with zero attached hydrogens (tertiary/aromatic N) is 2. The highest BCUT2D eigenvalue weighted by atomic mass is 35.5. The maximum Gasteiger partial charge on any atom is 0.155 e. The van der Waals surface area contributed by atoms with E-state index < -0.39 is 5.82 Å². The van der Waals surface area contributed by atoms with Crippen molar-refractivity contribution in [3.05, 3.63) is 41.1 Å². The summed E-state index contributed by atoms with van der Waals surface area (Å²) in [6, 6.07) is 4.33. The molecule has 0 unspecified atom stereocenters. The number of methoxy groups -OCH3 is 1. The summed E-state index contributed by atoms with van der Waals surface area (Å²) in [4.78, 5) is 8.11. The average Bonchev–Trinajstić information content (AvgIpc) is 2.39. The van der Waals surface area contributed by atoms with Crippen molar-refractivity contribution < 1.29 is 9.13 Å². The molecule has 1 aromatic carbocycles. The molecule has 2 rings (SSSR count). The Hall–Kier alpha value is -1.39. The van der Waals surface area contributed by atoms with Crippen LogP contribution in [0.4, 0.5) is 4.39 Å². The molecule has 3 nitrogen and oxygen atoms in total. The zero-order chi connectivity index (χ0) is 13.1. The van der Waals surface area contributed by atoms with Gasteiger partial charge in [-0.1, -0.05) is 11.6 Å². The quantitative estimate of drug-likeness (QED) is 0.808. The van der Waals surface area contributed by atoms with Gasteiger partial charge in [0.2, 0.25) is 0 Å². The molecule has 0 radical (unpaired) electrons. The van der Waals surface area contributed by atoms with Gasteiger partial charge in [-0.25, -0.2) is 9.37 Å². The predicted molar refractivity (Wildman–Crippen MR) is 68.5 cm³/mol. The van der Waals surface area contributed by atoms with E-state index in [0.717, 1.165) is 0 Å². The smallest absolute Gasteiger partial charge is 0.155 e. The van der Waals surface area contributed by atoms with Gasteiger partial charge in [-0.2, -0.15) is 0 Å². The lowest BCUT2D eigenvalue weighted by Gasteiger charge is -2.07. The lowest BCUT2D eigenvalue weighted by Crippen LogP contribution is -1.96. The number of rotatable bonds is 3. The fourth-order valence-electron chi connectivity index (χ4n) is 1.46. The molecule has 0 atom stereocenters. The van der Waals surface area contributed by atoms with Crippen LogP contribution in [0.25, 0.3) is 11.3 Å². The van der Waals surface area contributed by atoms with Crippen molar-refractivity contribution in [3.63, 3.8) is 0 Å². The van der Waals surface area contributed by atoms with E-state index in [-0.39, 0.29) is 22.3 Å². The molecular weight excluding hydrogens is 278 g/mol. The molecule has 0 spiro atoms. The Labute approximate surface area is 114 Å². The van der Waals surface area contributed by atoms with Gasteiger partial charge in [-0.3, -0.25) is 4.98 Å². The van der Waals surface area contributed by atoms with Gasteiger partial charge >= 0.3 is 0 Å². The largest absolute Gasteiger partial charge is 0.497 e. The van der Waals surface area contributed by atoms with Crippen LogP contribution in [0.15, 0.2) is 24.4 Å². The van der Waals surface area contributed by atoms with E-state index in [9.17, 15) is 4.39 Å². The molecule has 0 saturated carbocycles. The summed E-state index contributed by atoms with van der Waals surface area (Å²) in [6.07, 6.45) is 1.47. The summed E-state index contributed by atoms with van der Waals surface area (Å²) in [5, 5.41) is 0.111. The lowest BCUT2D eigenvalue weighted by atomic mass is 10.1. The third-order valence-corrected chi connectivity index (χ3v) is 2.88. The topological polar surface area (TPSA) is 35.0 Å². The Morgan fingerprint density at radius 1 is 1.39 bits per heavy atom. The minimum atomic E-state index is -0.439. The second-order valence-electron chi connectivity index (χ2n) is 3.48. The molecule has 0 aliphatic carbocycles. The second-order valence-corrected chi connectivity index (χ2v) is 4.11. The van der Waals surface area contributed by atoms with Crippen LogP contribution in [0.2, 0.25) is 5.15 Å². The third kappa shape index (κ3) is 2.54. The first-order valence-corrected chi connectivity index (χ1v) is 5.98. The van der Waals surface area contributed by atoms with Gasteiger partial charge in [0.15, 0.2) is 5.15 Å². The van der Waals surface area contributed by atoms with Gasteiger partial charge in [0.05, 0.1) is 24.9 Å². The molecule has 0 aliphatic heterocycles. The van der Waals surface area contributed by atoms with E-state index in [1.165, 1.54) is 31.5 Å². The summed E-state index contributed by atoms with van der Waals surface area (Å²) in [7, 11) is 1.50. The van der Waals surface area contributed by atoms with Gasteiger partial charge in [0, 0.05) is 5.56 Å². The van der Waals surface area contributed by atoms with Gasteiger partial charge in [0.1, 0.15) is 17.3 Å². The molecule has 0 N–H and O–H groups in total. The van der Waals surface area contributed by atoms with Crippen LogP contribution in [0, 0.1) is 5.82 Å². The first-order valence-electron chi connectivity index (χ1n) is 5.07. The Kier molecular flexibility index (Phi) is 3.99. The van der Waals surface area contributed by atoms with Gasteiger partial charge < -0.3 is 4.74 Å². The maximum absolute atomic E-state index is 13.7. The van der Waals surface area contributed by atoms with E-state index in [2.05, 4.69) is 9.97 Å². The summed E-state index contributed by atoms with van der Waals surface area (Å²) < 4.78 is 18.8. The summed E-state index contributed by atoms with van der Waals surface area (Å²) >= 11 is 11.6. The summed E-state index contributed by atoms with van der Waals surface area (Å²) in [5.41, 5.74) is 1.05. The van der Waals surface area contributed by atoms with Gasteiger partial charge in [-0.15, -0.1) is 11.6 Å². The van der Waals surface area contributed by atoms with Crippen LogP contribution in [0.1, 0.15) is 5.69 Å². The lowest BCUT2D eigenvalue weighted by molar-refractivity contribution is 0.414. The van der Waals surface area contributed by atoms with Crippen molar-refractivity contribution >= 4 is 23.2 Å². The van der Waals surface area contributed by atoms with Crippen LogP contribution < -0.4 is 4.74 Å². The van der Waals surface area contributed by atoms with E-state index >= 15 is 0 Å². The Morgan fingerprint density at radius 3 is 2.78 bits per heavy atom. The van der Waals surface area contributed by atoms with Crippen molar-refractivity contribution in [1.82, 2.24) is 9.97 Å². The second kappa shape index (κ2) is 5.50. The Balaban J connectivity index is 2.54. The van der Waals surface area contributed by atoms with Crippen LogP contribution in [0.5, 0.6) is 5.75 Å². The number of aromatic nitrogens is 2. The zero-order valence-electron chi connectivity index (χ0n) is 9.45. The van der Waals surface area contributed by atoms with E-state index in [4.69, 9.17) is 27.9 Å². The Bertz CT molecular complexity index is 578. The molecule has 0 aliphatic rings. The molecule has 94 valence electrons. The van der Waals surface area contributed by atoms with Gasteiger partial charge in [0.25, 0.3) is 0 Å². The number of ether oxygens (including phenoxy) is 1. The van der Waals surface area contributed by atoms with Crippen molar-refractivity contribution in [1.29, 1.82) is 0 Å². The third-order valence-electron chi connectivity index (χ3n) is 2.35. The van der Waals surface area contributed by atoms with Crippen molar-refractivity contribution in [3.8, 4) is 17.0 Å². The zero-order valence-corrected chi connectivity index (χ0v) is 11.0. The van der Waals surface area contributed by atoms with E-state index in [0.29, 0.717) is 11.4 Å². The Morgan fingerprint density at radius 2 is 2.17 bits per heavy atom. The normalized spacial score (nSPS) is 10.4. The van der Waals surface area contributed by atoms with E-state index in [1.54, 1.807) is 0 Å². The minimum Gasteiger partial charge on any atom is -0.497 e. The van der Waals surface area contributed by atoms with Crippen LogP contribution in [0.3, 0.4) is 0 Å². The molecule has 2 aromatic rings. The SMILES string of the molecule is COc1ccc(F)c(-c2ncc(CCl)nc2Cl)c1. The highest BCUT2D eigenvalue weighted by Gasteiger charge is 2.13. The van der Waals surface area contributed by atoms with Crippen molar-refractivity contribution in [2.75, 3.05) is 7.11 Å². The molecule has 6 heteroatoms. The van der Waals surface area contributed by atoms with Crippen LogP contribution in [-0.2, 0) is 5.88 Å². The highest BCUT2D eigenvalue weighted by Crippen LogP contribution is 2.29. The monoisotopic (exact) mass is 286 g/mol. The summed E-state index contributed by atoms with van der Waals surface area (Å²) in [5.74, 6) is 0.282. The van der Waals surface area contributed by atoms with Crippen molar-refractivity contribution in [2.24, 2.45) is 0 Å². The number of halogens is 3. The fourth-order valence-corrected chi connectivity index (χ4v) is 1.85. The molecule has 1 heterocycles. The minimum absolute atomic E-state index is 0.111. The maximum atomic E-state index is 13.7. The number of alkyl halides is 1. The highest BCUT2D eigenvalue weighted by molar-refractivity contribution is 6.31. The number of benzene rings is 1. The number of hydrogen-bond acceptors (Lipinski definition) is 3. The molecule has 18 heavy (non-hydrogen) atoms. The molecule has 0 fully saturated rings. The molecule has 1 aromatic heterocycles. The average molecular weight is 287 g/mol.